The average Bonchev–Trinajstić information content (AvgIpc) is 2.84. The molecule has 0 N–H and O–H groups in total. The number of aryl methyl sites for hydroxylation is 1. The van der Waals surface area contributed by atoms with Gasteiger partial charge in [-0.25, -0.2) is 4.98 Å². The fourth-order valence-electron chi connectivity index (χ4n) is 3.68. The van der Waals surface area contributed by atoms with Crippen molar-refractivity contribution in [3.8, 4) is 6.07 Å². The molecule has 0 aliphatic rings. The van der Waals surface area contributed by atoms with Gasteiger partial charge in [-0.1, -0.05) is 24.8 Å². The van der Waals surface area contributed by atoms with Gasteiger partial charge in [0.05, 0.1) is 28.9 Å². The zero-order valence-electron chi connectivity index (χ0n) is 20.1. The first-order chi connectivity index (χ1) is 17.2. The number of nitriles is 1. The molecule has 1 amide bonds. The van der Waals surface area contributed by atoms with Gasteiger partial charge in [-0.15, -0.1) is 0 Å². The number of carbonyl (C=O) groups is 1. The maximum atomic E-state index is 13.2. The summed E-state index contributed by atoms with van der Waals surface area (Å²) < 4.78 is 8.08. The Bertz CT molecular complexity index is 1620. The molecule has 11 nitrogen and oxygen atoms in total. The zero-order chi connectivity index (χ0) is 26.4. The monoisotopic (exact) mass is 488 g/mol. The highest BCUT2D eigenvalue weighted by atomic mass is 16.6. The number of nitro groups is 1. The Balaban J connectivity index is 2.31. The predicted octanol–water partition coefficient (Wildman–Crippen LogP) is 2.59. The lowest BCUT2D eigenvalue weighted by Crippen LogP contribution is -2.30. The van der Waals surface area contributed by atoms with Gasteiger partial charge in [0.2, 0.25) is 0 Å². The number of aromatic nitrogens is 3. The van der Waals surface area contributed by atoms with Crippen LogP contribution in [0.2, 0.25) is 0 Å². The van der Waals surface area contributed by atoms with Gasteiger partial charge in [-0.2, -0.15) is 10.3 Å². The summed E-state index contributed by atoms with van der Waals surface area (Å²) in [6, 6.07) is 6.89. The molecule has 3 aromatic rings. The van der Waals surface area contributed by atoms with Crippen molar-refractivity contribution in [3.63, 3.8) is 0 Å². The molecule has 0 aliphatic carbocycles. The minimum absolute atomic E-state index is 0.00558. The molecule has 3 rings (SSSR count). The van der Waals surface area contributed by atoms with E-state index in [0.29, 0.717) is 5.65 Å². The van der Waals surface area contributed by atoms with E-state index in [-0.39, 0.29) is 58.5 Å². The number of hydrogen-bond acceptors (Lipinski definition) is 7. The quantitative estimate of drug-likeness (QED) is 0.205. The Morgan fingerprint density at radius 1 is 1.42 bits per heavy atom. The topological polar surface area (TPSA) is 145 Å². The highest BCUT2D eigenvalue weighted by molar-refractivity contribution is 5.81. The first-order valence-electron chi connectivity index (χ1n) is 10.9. The van der Waals surface area contributed by atoms with Crippen LogP contribution in [-0.4, -0.2) is 38.5 Å². The van der Waals surface area contributed by atoms with E-state index >= 15 is 0 Å². The van der Waals surface area contributed by atoms with Crippen LogP contribution in [0, 0.1) is 28.4 Å². The van der Waals surface area contributed by atoms with E-state index < -0.39 is 10.8 Å². The van der Waals surface area contributed by atoms with Crippen molar-refractivity contribution in [2.75, 3.05) is 13.7 Å². The van der Waals surface area contributed by atoms with Gasteiger partial charge in [0.15, 0.2) is 5.49 Å². The highest BCUT2D eigenvalue weighted by Crippen LogP contribution is 2.14. The number of nitrogens with zero attached hydrogens (tertiary/aromatic N) is 6. The summed E-state index contributed by atoms with van der Waals surface area (Å²) in [5.74, 6) is -0.699. The number of fused-ring (bicyclic) bond motifs is 2. The summed E-state index contributed by atoms with van der Waals surface area (Å²) >= 11 is 0. The van der Waals surface area contributed by atoms with Crippen molar-refractivity contribution in [1.82, 2.24) is 14.0 Å². The zero-order valence-corrected chi connectivity index (χ0v) is 20.1. The lowest BCUT2D eigenvalue weighted by Gasteiger charge is -2.13. The van der Waals surface area contributed by atoms with Gasteiger partial charge in [-0.05, 0) is 31.5 Å². The van der Waals surface area contributed by atoms with E-state index in [1.54, 1.807) is 12.3 Å². The van der Waals surface area contributed by atoms with E-state index in [1.165, 1.54) is 47.3 Å². The van der Waals surface area contributed by atoms with Crippen molar-refractivity contribution in [2.45, 2.75) is 26.8 Å². The number of ether oxygens (including phenoxy) is 1. The van der Waals surface area contributed by atoms with Gasteiger partial charge < -0.3 is 9.30 Å². The molecule has 11 heteroatoms. The lowest BCUT2D eigenvalue weighted by molar-refractivity contribution is -0.420. The fourth-order valence-corrected chi connectivity index (χ4v) is 3.68. The maximum Gasteiger partial charge on any atom is 0.268 e. The van der Waals surface area contributed by atoms with Crippen molar-refractivity contribution in [2.24, 2.45) is 4.99 Å². The molecule has 3 aromatic heterocycles. The summed E-state index contributed by atoms with van der Waals surface area (Å²) in [5, 5.41) is 21.4. The molecular formula is C25H24N6O5. The van der Waals surface area contributed by atoms with Crippen LogP contribution in [0.3, 0.4) is 0 Å². The molecule has 0 aromatic carbocycles. The summed E-state index contributed by atoms with van der Waals surface area (Å²) in [4.78, 5) is 45.7. The number of amides is 1. The standard InChI is InChI=1S/C25H24N6O5/c1-5-6-9-20(31(34)35)17(3)13-21(32)27-23-18(15-26)14-19-24(29(23)11-12-36-4)28-22-16(2)8-7-10-30(22)25(19)33/h5-10,14H,1,11-13H2,2-4H3/b9-6+,20-17-,27-23?. The highest BCUT2D eigenvalue weighted by Gasteiger charge is 2.18. The predicted molar refractivity (Wildman–Crippen MR) is 133 cm³/mol. The van der Waals surface area contributed by atoms with Crippen LogP contribution in [0.25, 0.3) is 16.7 Å². The number of allylic oxidation sites excluding steroid dienone is 3. The fraction of sp³-hybridized carbons (Fsp3) is 0.240. The van der Waals surface area contributed by atoms with E-state index in [1.807, 2.05) is 19.1 Å². The van der Waals surface area contributed by atoms with Gasteiger partial charge in [0.25, 0.3) is 17.2 Å². The summed E-state index contributed by atoms with van der Waals surface area (Å²) in [5.41, 5.74) is 0.969. The van der Waals surface area contributed by atoms with Crippen LogP contribution in [0.1, 0.15) is 24.5 Å². The van der Waals surface area contributed by atoms with Crippen molar-refractivity contribution < 1.29 is 14.5 Å². The number of pyridine rings is 2. The minimum Gasteiger partial charge on any atom is -0.383 e. The second-order valence-corrected chi connectivity index (χ2v) is 7.88. The van der Waals surface area contributed by atoms with Crippen molar-refractivity contribution in [3.05, 3.63) is 97.6 Å². The lowest BCUT2D eigenvalue weighted by atomic mass is 10.1. The number of rotatable bonds is 8. The number of hydrogen-bond donors (Lipinski definition) is 0. The van der Waals surface area contributed by atoms with Crippen LogP contribution in [0.5, 0.6) is 0 Å². The molecule has 0 radical (unpaired) electrons. The van der Waals surface area contributed by atoms with Crippen LogP contribution in [0.4, 0.5) is 0 Å². The van der Waals surface area contributed by atoms with Crippen LogP contribution >= 0.6 is 0 Å². The minimum atomic E-state index is -0.699. The molecule has 0 saturated carbocycles. The Morgan fingerprint density at radius 3 is 2.81 bits per heavy atom. The third-order valence-electron chi connectivity index (χ3n) is 5.42. The Labute approximate surface area is 205 Å². The second kappa shape index (κ2) is 11.2. The first-order valence-corrected chi connectivity index (χ1v) is 10.9. The van der Waals surface area contributed by atoms with Gasteiger partial charge in [-0.3, -0.25) is 24.1 Å². The van der Waals surface area contributed by atoms with Gasteiger partial charge in [0.1, 0.15) is 17.4 Å². The Morgan fingerprint density at radius 2 is 2.17 bits per heavy atom. The maximum absolute atomic E-state index is 13.2. The first kappa shape index (κ1) is 25.9. The average molecular weight is 489 g/mol. The molecular weight excluding hydrogens is 464 g/mol. The van der Waals surface area contributed by atoms with E-state index in [0.717, 1.165) is 5.56 Å². The van der Waals surface area contributed by atoms with E-state index in [9.17, 15) is 25.0 Å². The molecule has 184 valence electrons. The molecule has 36 heavy (non-hydrogen) atoms. The molecule has 0 atom stereocenters. The molecule has 0 aliphatic heterocycles. The van der Waals surface area contributed by atoms with Crippen LogP contribution < -0.4 is 11.0 Å². The SMILES string of the molecule is C=C/C=C/C(=C(\C)CC(=O)N=c1c(C#N)cc2c(=O)n3cccc(C)c3nc2n1CCOC)[N+](=O)[O-]. The summed E-state index contributed by atoms with van der Waals surface area (Å²) in [7, 11) is 1.49. The summed E-state index contributed by atoms with van der Waals surface area (Å²) in [6.45, 7) is 7.10. The van der Waals surface area contributed by atoms with Crippen molar-refractivity contribution >= 4 is 22.6 Å². The van der Waals surface area contributed by atoms with Crippen LogP contribution in [-0.2, 0) is 16.1 Å². The second-order valence-electron chi connectivity index (χ2n) is 7.88. The molecule has 0 unspecified atom stereocenters. The Kier molecular flexibility index (Phi) is 8.03. The van der Waals surface area contributed by atoms with Crippen molar-refractivity contribution in [1.29, 1.82) is 5.26 Å². The number of carbonyl (C=O) groups excluding carboxylic acids is 1. The largest absolute Gasteiger partial charge is 0.383 e. The molecule has 0 bridgehead atoms. The molecule has 0 fully saturated rings. The van der Waals surface area contributed by atoms with Crippen LogP contribution in [0.15, 0.2) is 70.3 Å². The molecule has 0 saturated heterocycles. The van der Waals surface area contributed by atoms with Gasteiger partial charge >= 0.3 is 0 Å². The molecule has 3 heterocycles. The smallest absolute Gasteiger partial charge is 0.268 e. The van der Waals surface area contributed by atoms with E-state index in [2.05, 4.69) is 16.6 Å². The normalized spacial score (nSPS) is 12.7. The third kappa shape index (κ3) is 5.18. The summed E-state index contributed by atoms with van der Waals surface area (Å²) in [6.07, 6.45) is 5.27. The number of methoxy groups -OCH3 is 1. The molecule has 0 spiro atoms. The Hall–Kier alpha value is -4.69. The van der Waals surface area contributed by atoms with E-state index in [4.69, 9.17) is 4.74 Å². The van der Waals surface area contributed by atoms with Gasteiger partial charge in [0, 0.05) is 31.5 Å². The third-order valence-corrected chi connectivity index (χ3v) is 5.42.